The van der Waals surface area contributed by atoms with Gasteiger partial charge in [-0.05, 0) is 42.9 Å². The van der Waals surface area contributed by atoms with E-state index in [2.05, 4.69) is 24.3 Å². The molecule has 1 atom stereocenters. The highest BCUT2D eigenvalue weighted by Gasteiger charge is 2.31. The molecule has 0 radical (unpaired) electrons. The van der Waals surface area contributed by atoms with Crippen molar-refractivity contribution in [1.82, 2.24) is 4.90 Å². The lowest BCUT2D eigenvalue weighted by atomic mass is 9.98. The van der Waals surface area contributed by atoms with Gasteiger partial charge >= 0.3 is 0 Å². The minimum absolute atomic E-state index is 0.0895. The molecule has 1 unspecified atom stereocenters. The van der Waals surface area contributed by atoms with Crippen LogP contribution in [0.15, 0.2) is 54.6 Å². The molecule has 120 valence electrons. The van der Waals surface area contributed by atoms with E-state index in [1.165, 1.54) is 5.56 Å². The van der Waals surface area contributed by atoms with E-state index in [4.69, 9.17) is 11.6 Å². The molecule has 0 aromatic heterocycles. The molecule has 23 heavy (non-hydrogen) atoms. The van der Waals surface area contributed by atoms with Gasteiger partial charge in [0.15, 0.2) is 0 Å². The largest absolute Gasteiger partial charge is 0.342 e. The van der Waals surface area contributed by atoms with Crippen LogP contribution in [-0.4, -0.2) is 23.9 Å². The number of likely N-dealkylation sites (tertiary alicyclic amines) is 1. The zero-order chi connectivity index (χ0) is 16.1. The van der Waals surface area contributed by atoms with Crippen LogP contribution in [0.5, 0.6) is 0 Å². The second-order valence-corrected chi connectivity index (χ2v) is 6.60. The lowest BCUT2D eigenvalue weighted by molar-refractivity contribution is -0.131. The Bertz CT molecular complexity index is 656. The van der Waals surface area contributed by atoms with Crippen LogP contribution < -0.4 is 0 Å². The van der Waals surface area contributed by atoms with E-state index in [9.17, 15) is 4.79 Å². The molecule has 2 aromatic carbocycles. The fraction of sp³-hybridized carbons (Fsp3) is 0.350. The van der Waals surface area contributed by atoms with Gasteiger partial charge in [0.25, 0.3) is 0 Å². The highest BCUT2D eigenvalue weighted by molar-refractivity contribution is 6.31. The van der Waals surface area contributed by atoms with E-state index >= 15 is 0 Å². The van der Waals surface area contributed by atoms with Gasteiger partial charge in [-0.3, -0.25) is 4.79 Å². The molecule has 0 aliphatic carbocycles. The number of hydrogen-bond acceptors (Lipinski definition) is 1. The number of carbonyl (C=O) groups is 1. The molecule has 1 amide bonds. The summed E-state index contributed by atoms with van der Waals surface area (Å²) in [6.45, 7) is 1.73. The monoisotopic (exact) mass is 327 g/mol. The maximum atomic E-state index is 12.5. The Morgan fingerprint density at radius 3 is 2.57 bits per heavy atom. The number of aryl methyl sites for hydroxylation is 1. The van der Waals surface area contributed by atoms with E-state index < -0.39 is 0 Å². The lowest BCUT2D eigenvalue weighted by Crippen LogP contribution is -2.29. The van der Waals surface area contributed by atoms with E-state index in [0.717, 1.165) is 49.4 Å². The summed E-state index contributed by atoms with van der Waals surface area (Å²) in [7, 11) is 0. The molecule has 3 heteroatoms. The number of amides is 1. The number of carbonyl (C=O) groups excluding carboxylic acids is 1. The number of nitrogens with zero attached hydrogens (tertiary/aromatic N) is 1. The molecule has 0 spiro atoms. The normalized spacial score (nSPS) is 17.7. The second-order valence-electron chi connectivity index (χ2n) is 6.20. The van der Waals surface area contributed by atoms with Gasteiger partial charge in [0.05, 0.1) is 0 Å². The van der Waals surface area contributed by atoms with Gasteiger partial charge in [-0.25, -0.2) is 0 Å². The quantitative estimate of drug-likeness (QED) is 0.771. The summed E-state index contributed by atoms with van der Waals surface area (Å²) in [6.07, 6.45) is 3.75. The van der Waals surface area contributed by atoms with E-state index in [0.29, 0.717) is 0 Å². The summed E-state index contributed by atoms with van der Waals surface area (Å²) in [5.74, 6) is 0.379. The Kier molecular flexibility index (Phi) is 5.35. The van der Waals surface area contributed by atoms with Crippen molar-refractivity contribution in [1.29, 1.82) is 0 Å². The minimum Gasteiger partial charge on any atom is -0.342 e. The first-order valence-corrected chi connectivity index (χ1v) is 8.68. The summed E-state index contributed by atoms with van der Waals surface area (Å²) in [4.78, 5) is 14.6. The molecular formula is C20H22ClNO. The fourth-order valence-electron chi connectivity index (χ4n) is 3.26. The minimum atomic E-state index is 0.0895. The first-order valence-electron chi connectivity index (χ1n) is 8.30. The van der Waals surface area contributed by atoms with Gasteiger partial charge in [0, 0.05) is 24.0 Å². The van der Waals surface area contributed by atoms with Crippen molar-refractivity contribution in [3.63, 3.8) is 0 Å². The van der Waals surface area contributed by atoms with Crippen molar-refractivity contribution in [2.45, 2.75) is 25.7 Å². The Hall–Kier alpha value is -1.80. The van der Waals surface area contributed by atoms with E-state index in [1.807, 2.05) is 35.2 Å². The van der Waals surface area contributed by atoms with Crippen LogP contribution >= 0.6 is 11.6 Å². The van der Waals surface area contributed by atoms with Crippen LogP contribution in [0, 0.1) is 5.92 Å². The molecule has 2 aromatic rings. The van der Waals surface area contributed by atoms with Gasteiger partial charge in [0.2, 0.25) is 5.91 Å². The standard InChI is InChI=1S/C20H22ClNO/c21-19-11-5-4-10-17(19)15-18-12-14-22(20(18)23)13-6-9-16-7-2-1-3-8-16/h1-5,7-8,10-11,18H,6,9,12-15H2. The zero-order valence-electron chi connectivity index (χ0n) is 13.2. The van der Waals surface area contributed by atoms with Crippen LogP contribution in [-0.2, 0) is 17.6 Å². The van der Waals surface area contributed by atoms with Crippen molar-refractivity contribution >= 4 is 17.5 Å². The Labute approximate surface area is 143 Å². The number of benzene rings is 2. The van der Waals surface area contributed by atoms with Crippen molar-refractivity contribution < 1.29 is 4.79 Å². The van der Waals surface area contributed by atoms with Crippen LogP contribution in [0.25, 0.3) is 0 Å². The number of hydrogen-bond donors (Lipinski definition) is 0. The Morgan fingerprint density at radius 2 is 1.78 bits per heavy atom. The zero-order valence-corrected chi connectivity index (χ0v) is 14.0. The number of halogens is 1. The van der Waals surface area contributed by atoms with E-state index in [1.54, 1.807) is 0 Å². The first kappa shape index (κ1) is 16.1. The Balaban J connectivity index is 1.50. The highest BCUT2D eigenvalue weighted by Crippen LogP contribution is 2.26. The number of rotatable bonds is 6. The summed E-state index contributed by atoms with van der Waals surface area (Å²) in [5.41, 5.74) is 2.42. The van der Waals surface area contributed by atoms with Crippen molar-refractivity contribution in [2.75, 3.05) is 13.1 Å². The van der Waals surface area contributed by atoms with Crippen LogP contribution in [0.3, 0.4) is 0 Å². The molecule has 1 saturated heterocycles. The van der Waals surface area contributed by atoms with Crippen molar-refractivity contribution in [3.8, 4) is 0 Å². The topological polar surface area (TPSA) is 20.3 Å². The van der Waals surface area contributed by atoms with Gasteiger partial charge in [-0.2, -0.15) is 0 Å². The molecule has 0 N–H and O–H groups in total. The third-order valence-corrected chi connectivity index (χ3v) is 4.94. The molecular weight excluding hydrogens is 306 g/mol. The first-order chi connectivity index (χ1) is 11.2. The van der Waals surface area contributed by atoms with Crippen molar-refractivity contribution in [2.24, 2.45) is 5.92 Å². The summed E-state index contributed by atoms with van der Waals surface area (Å²) >= 11 is 6.21. The summed E-state index contributed by atoms with van der Waals surface area (Å²) in [6, 6.07) is 18.3. The van der Waals surface area contributed by atoms with Crippen LogP contribution in [0.1, 0.15) is 24.0 Å². The predicted octanol–water partition coefficient (Wildman–Crippen LogP) is 4.36. The fourth-order valence-corrected chi connectivity index (χ4v) is 3.48. The third kappa shape index (κ3) is 4.14. The molecule has 0 bridgehead atoms. The SMILES string of the molecule is O=C1C(Cc2ccccc2Cl)CCN1CCCc1ccccc1. The summed E-state index contributed by atoms with van der Waals surface area (Å²) < 4.78 is 0. The average molecular weight is 328 g/mol. The molecule has 1 aliphatic rings. The predicted molar refractivity (Wildman–Crippen MR) is 94.6 cm³/mol. The molecule has 1 fully saturated rings. The molecule has 2 nitrogen and oxygen atoms in total. The van der Waals surface area contributed by atoms with Gasteiger partial charge in [-0.15, -0.1) is 0 Å². The maximum absolute atomic E-state index is 12.5. The van der Waals surface area contributed by atoms with Crippen LogP contribution in [0.4, 0.5) is 0 Å². The molecule has 0 saturated carbocycles. The Morgan fingerprint density at radius 1 is 1.04 bits per heavy atom. The summed E-state index contributed by atoms with van der Waals surface area (Å²) in [5, 5.41) is 0.767. The van der Waals surface area contributed by atoms with Crippen molar-refractivity contribution in [3.05, 3.63) is 70.7 Å². The smallest absolute Gasteiger partial charge is 0.226 e. The second kappa shape index (κ2) is 7.65. The average Bonchev–Trinajstić information content (AvgIpc) is 2.91. The third-order valence-electron chi connectivity index (χ3n) is 4.57. The van der Waals surface area contributed by atoms with Gasteiger partial charge in [0.1, 0.15) is 0 Å². The van der Waals surface area contributed by atoms with E-state index in [-0.39, 0.29) is 11.8 Å². The van der Waals surface area contributed by atoms with Gasteiger partial charge < -0.3 is 4.90 Å². The maximum Gasteiger partial charge on any atom is 0.226 e. The molecule has 1 aliphatic heterocycles. The van der Waals surface area contributed by atoms with Crippen LogP contribution in [0.2, 0.25) is 5.02 Å². The lowest BCUT2D eigenvalue weighted by Gasteiger charge is -2.17. The van der Waals surface area contributed by atoms with Gasteiger partial charge in [-0.1, -0.05) is 60.1 Å². The molecule has 3 rings (SSSR count). The molecule has 1 heterocycles. The highest BCUT2D eigenvalue weighted by atomic mass is 35.5.